The van der Waals surface area contributed by atoms with Gasteiger partial charge in [0.15, 0.2) is 22.9 Å². The molecule has 1 fully saturated rings. The van der Waals surface area contributed by atoms with Gasteiger partial charge in [0.25, 0.3) is 0 Å². The van der Waals surface area contributed by atoms with Crippen molar-refractivity contribution in [1.29, 1.82) is 0 Å². The first-order valence-electron chi connectivity index (χ1n) is 8.93. The summed E-state index contributed by atoms with van der Waals surface area (Å²) in [6.45, 7) is 3.69. The van der Waals surface area contributed by atoms with E-state index in [0.717, 1.165) is 54.7 Å². The molecule has 0 amide bonds. The first-order valence-corrected chi connectivity index (χ1v) is 8.93. The third kappa shape index (κ3) is 2.64. The fourth-order valence-electron chi connectivity index (χ4n) is 3.57. The number of aromatic nitrogens is 8. The number of ether oxygens (including phenoxy) is 1. The van der Waals surface area contributed by atoms with Crippen LogP contribution in [0.4, 0.5) is 5.82 Å². The van der Waals surface area contributed by atoms with E-state index in [9.17, 15) is 0 Å². The van der Waals surface area contributed by atoms with Gasteiger partial charge in [0.2, 0.25) is 5.88 Å². The molecule has 1 aliphatic rings. The van der Waals surface area contributed by atoms with Crippen molar-refractivity contribution in [3.8, 4) is 5.88 Å². The predicted molar refractivity (Wildman–Crippen MR) is 97.0 cm³/mol. The van der Waals surface area contributed by atoms with Gasteiger partial charge in [-0.15, -0.1) is 30.6 Å². The zero-order valence-electron chi connectivity index (χ0n) is 15.1. The van der Waals surface area contributed by atoms with E-state index in [4.69, 9.17) is 4.74 Å². The van der Waals surface area contributed by atoms with E-state index in [1.807, 2.05) is 25.1 Å². The number of hydrogen-bond acceptors (Lipinski definition) is 8. The molecule has 5 heterocycles. The highest BCUT2D eigenvalue weighted by Gasteiger charge is 2.26. The summed E-state index contributed by atoms with van der Waals surface area (Å²) in [4.78, 5) is 2.28. The van der Waals surface area contributed by atoms with Crippen molar-refractivity contribution < 1.29 is 4.74 Å². The van der Waals surface area contributed by atoms with Gasteiger partial charge in [-0.25, -0.2) is 0 Å². The molecule has 4 aromatic rings. The third-order valence-corrected chi connectivity index (χ3v) is 5.06. The molecule has 27 heavy (non-hydrogen) atoms. The number of anilines is 1. The highest BCUT2D eigenvalue weighted by atomic mass is 16.5. The Kier molecular flexibility index (Phi) is 3.62. The summed E-state index contributed by atoms with van der Waals surface area (Å²) in [6.07, 6.45) is 1.92. The summed E-state index contributed by atoms with van der Waals surface area (Å²) in [7, 11) is 1.61. The van der Waals surface area contributed by atoms with E-state index < -0.39 is 0 Å². The second kappa shape index (κ2) is 6.15. The smallest absolute Gasteiger partial charge is 0.231 e. The van der Waals surface area contributed by atoms with E-state index in [1.54, 1.807) is 22.2 Å². The number of rotatable bonds is 3. The van der Waals surface area contributed by atoms with E-state index in [1.165, 1.54) is 0 Å². The molecule has 0 saturated carbocycles. The molecule has 10 heteroatoms. The summed E-state index contributed by atoms with van der Waals surface area (Å²) in [6, 6.07) is 7.63. The molecule has 0 N–H and O–H groups in total. The van der Waals surface area contributed by atoms with Crippen LogP contribution in [0.15, 0.2) is 24.3 Å². The lowest BCUT2D eigenvalue weighted by Gasteiger charge is -2.31. The zero-order valence-corrected chi connectivity index (χ0v) is 15.1. The van der Waals surface area contributed by atoms with Gasteiger partial charge in [0.05, 0.1) is 7.11 Å². The number of aryl methyl sites for hydroxylation is 1. The number of methoxy groups -OCH3 is 1. The fraction of sp³-hybridized carbons (Fsp3) is 0.412. The summed E-state index contributed by atoms with van der Waals surface area (Å²) in [5.41, 5.74) is 1.50. The number of piperidine rings is 1. The van der Waals surface area contributed by atoms with Gasteiger partial charge in [0.1, 0.15) is 5.82 Å². The molecule has 5 rings (SSSR count). The molecular weight excluding hydrogens is 346 g/mol. The monoisotopic (exact) mass is 365 g/mol. The molecule has 0 unspecified atom stereocenters. The van der Waals surface area contributed by atoms with E-state index in [2.05, 4.69) is 35.5 Å². The molecule has 0 bridgehead atoms. The third-order valence-electron chi connectivity index (χ3n) is 5.06. The zero-order chi connectivity index (χ0) is 18.4. The molecule has 10 nitrogen and oxygen atoms in total. The Morgan fingerprint density at radius 3 is 2.44 bits per heavy atom. The average Bonchev–Trinajstić information content (AvgIpc) is 3.31. The Labute approximate surface area is 154 Å². The lowest BCUT2D eigenvalue weighted by molar-refractivity contribution is 0.386. The normalized spacial score (nSPS) is 15.7. The lowest BCUT2D eigenvalue weighted by atomic mass is 9.96. The maximum atomic E-state index is 5.23. The Hall–Kier alpha value is -3.30. The highest BCUT2D eigenvalue weighted by molar-refractivity contribution is 5.46. The van der Waals surface area contributed by atoms with Crippen LogP contribution >= 0.6 is 0 Å². The Bertz CT molecular complexity index is 1110. The lowest BCUT2D eigenvalue weighted by Crippen LogP contribution is -2.34. The maximum absolute atomic E-state index is 5.23. The van der Waals surface area contributed by atoms with Crippen LogP contribution in [0.5, 0.6) is 5.88 Å². The number of nitrogens with zero attached hydrogens (tertiary/aromatic N) is 9. The van der Waals surface area contributed by atoms with Gasteiger partial charge in [-0.05, 0) is 38.0 Å². The number of hydrogen-bond donors (Lipinski definition) is 0. The van der Waals surface area contributed by atoms with Gasteiger partial charge in [-0.3, -0.25) is 0 Å². The first kappa shape index (κ1) is 15.9. The molecule has 0 spiro atoms. The summed E-state index contributed by atoms with van der Waals surface area (Å²) in [5.74, 6) is 3.48. The van der Waals surface area contributed by atoms with Crippen molar-refractivity contribution >= 4 is 17.1 Å². The fourth-order valence-corrected chi connectivity index (χ4v) is 3.57. The molecule has 4 aromatic heterocycles. The predicted octanol–water partition coefficient (Wildman–Crippen LogP) is 1.26. The summed E-state index contributed by atoms with van der Waals surface area (Å²) in [5, 5.41) is 25.9. The van der Waals surface area contributed by atoms with Crippen molar-refractivity contribution in [2.75, 3.05) is 25.1 Å². The average molecular weight is 365 g/mol. The van der Waals surface area contributed by atoms with Crippen LogP contribution in [0, 0.1) is 6.92 Å². The van der Waals surface area contributed by atoms with Crippen LogP contribution in [-0.4, -0.2) is 59.8 Å². The van der Waals surface area contributed by atoms with Crippen LogP contribution in [0.2, 0.25) is 0 Å². The van der Waals surface area contributed by atoms with Crippen LogP contribution in [0.1, 0.15) is 30.4 Å². The van der Waals surface area contributed by atoms with Gasteiger partial charge in [-0.2, -0.15) is 9.03 Å². The number of fused-ring (bicyclic) bond motifs is 2. The van der Waals surface area contributed by atoms with Crippen molar-refractivity contribution in [3.05, 3.63) is 35.9 Å². The topological polar surface area (TPSA) is 98.6 Å². The van der Waals surface area contributed by atoms with Crippen LogP contribution < -0.4 is 9.64 Å². The Morgan fingerprint density at radius 2 is 1.63 bits per heavy atom. The van der Waals surface area contributed by atoms with Gasteiger partial charge in [0, 0.05) is 25.1 Å². The molecule has 0 aliphatic carbocycles. The van der Waals surface area contributed by atoms with Gasteiger partial charge in [-0.1, -0.05) is 0 Å². The maximum Gasteiger partial charge on any atom is 0.231 e. The molecular formula is C17H19N9O. The molecule has 1 saturated heterocycles. The summed E-state index contributed by atoms with van der Waals surface area (Å²) < 4.78 is 8.81. The molecule has 0 aromatic carbocycles. The second-order valence-corrected chi connectivity index (χ2v) is 6.67. The second-order valence-electron chi connectivity index (χ2n) is 6.67. The van der Waals surface area contributed by atoms with Crippen molar-refractivity contribution in [3.63, 3.8) is 0 Å². The van der Waals surface area contributed by atoms with Crippen molar-refractivity contribution in [1.82, 2.24) is 39.6 Å². The highest BCUT2D eigenvalue weighted by Crippen LogP contribution is 2.29. The molecule has 0 radical (unpaired) electrons. The van der Waals surface area contributed by atoms with E-state index >= 15 is 0 Å². The molecule has 0 atom stereocenters. The minimum Gasteiger partial charge on any atom is -0.480 e. The van der Waals surface area contributed by atoms with Crippen LogP contribution in [-0.2, 0) is 0 Å². The van der Waals surface area contributed by atoms with Crippen LogP contribution in [0.3, 0.4) is 0 Å². The largest absolute Gasteiger partial charge is 0.480 e. The quantitative estimate of drug-likeness (QED) is 0.535. The van der Waals surface area contributed by atoms with Crippen molar-refractivity contribution in [2.45, 2.75) is 25.7 Å². The van der Waals surface area contributed by atoms with Gasteiger partial charge < -0.3 is 9.64 Å². The van der Waals surface area contributed by atoms with Gasteiger partial charge >= 0.3 is 0 Å². The first-order chi connectivity index (χ1) is 13.2. The molecule has 138 valence electrons. The van der Waals surface area contributed by atoms with E-state index in [0.29, 0.717) is 11.8 Å². The SMILES string of the molecule is COc1ccc2nnc(C3CCN(c4ccc5nnc(C)n5n4)CC3)n2n1. The Morgan fingerprint density at radius 1 is 0.889 bits per heavy atom. The molecule has 1 aliphatic heterocycles. The standard InChI is InChI=1S/C17H19N9O/c1-11-18-19-13-3-4-15(22-25(11)13)24-9-7-12(8-10-24)17-21-20-14-5-6-16(27-2)23-26(14)17/h3-6,12H,7-10H2,1-2H3. The summed E-state index contributed by atoms with van der Waals surface area (Å²) >= 11 is 0. The minimum absolute atomic E-state index is 0.302. The van der Waals surface area contributed by atoms with E-state index in [-0.39, 0.29) is 0 Å². The minimum atomic E-state index is 0.302. The van der Waals surface area contributed by atoms with Crippen molar-refractivity contribution in [2.24, 2.45) is 0 Å². The Balaban J connectivity index is 1.37. The van der Waals surface area contributed by atoms with Crippen LogP contribution in [0.25, 0.3) is 11.3 Å².